The standard InChI is InChI=1S/C14H21N3/c1-15-10-14(7-8-14)13-16-9-6-12(17-13)11-4-2-3-5-11/h6,9,11,15H,2-5,7-8,10H2,1H3. The zero-order valence-electron chi connectivity index (χ0n) is 10.6. The van der Waals surface area contributed by atoms with E-state index < -0.39 is 0 Å². The molecule has 92 valence electrons. The van der Waals surface area contributed by atoms with E-state index in [1.54, 1.807) is 0 Å². The fourth-order valence-electron chi connectivity index (χ4n) is 3.05. The molecule has 3 nitrogen and oxygen atoms in total. The summed E-state index contributed by atoms with van der Waals surface area (Å²) in [6.07, 6.45) is 9.80. The minimum atomic E-state index is 0.253. The lowest BCUT2D eigenvalue weighted by Gasteiger charge is -2.15. The van der Waals surface area contributed by atoms with Crippen molar-refractivity contribution in [1.29, 1.82) is 0 Å². The van der Waals surface area contributed by atoms with Gasteiger partial charge in [0.2, 0.25) is 0 Å². The fraction of sp³-hybridized carbons (Fsp3) is 0.714. The van der Waals surface area contributed by atoms with Gasteiger partial charge in [-0.15, -0.1) is 0 Å². The van der Waals surface area contributed by atoms with E-state index in [0.29, 0.717) is 5.92 Å². The third-order valence-corrected chi connectivity index (χ3v) is 4.29. The highest BCUT2D eigenvalue weighted by Gasteiger charge is 2.46. The summed E-state index contributed by atoms with van der Waals surface area (Å²) < 4.78 is 0. The minimum Gasteiger partial charge on any atom is -0.319 e. The van der Waals surface area contributed by atoms with Gasteiger partial charge >= 0.3 is 0 Å². The molecule has 0 bridgehead atoms. The molecule has 0 amide bonds. The Balaban J connectivity index is 1.83. The summed E-state index contributed by atoms with van der Waals surface area (Å²) in [6, 6.07) is 2.12. The molecule has 2 saturated carbocycles. The normalized spacial score (nSPS) is 22.9. The van der Waals surface area contributed by atoms with Crippen LogP contribution in [0.15, 0.2) is 12.3 Å². The van der Waals surface area contributed by atoms with Crippen molar-refractivity contribution < 1.29 is 0 Å². The Hall–Kier alpha value is -0.960. The van der Waals surface area contributed by atoms with Crippen LogP contribution in [0.1, 0.15) is 56.0 Å². The first-order chi connectivity index (χ1) is 8.34. The van der Waals surface area contributed by atoms with Gasteiger partial charge in [-0.2, -0.15) is 0 Å². The highest BCUT2D eigenvalue weighted by molar-refractivity contribution is 5.22. The van der Waals surface area contributed by atoms with Gasteiger partial charge in [0.15, 0.2) is 0 Å². The van der Waals surface area contributed by atoms with Crippen LogP contribution in [-0.4, -0.2) is 23.6 Å². The van der Waals surface area contributed by atoms with Crippen LogP contribution in [0.5, 0.6) is 0 Å². The summed E-state index contributed by atoms with van der Waals surface area (Å²) in [4.78, 5) is 9.37. The number of hydrogen-bond donors (Lipinski definition) is 1. The van der Waals surface area contributed by atoms with Crippen LogP contribution < -0.4 is 5.32 Å². The lowest BCUT2D eigenvalue weighted by Crippen LogP contribution is -2.26. The van der Waals surface area contributed by atoms with Crippen molar-refractivity contribution >= 4 is 0 Å². The SMILES string of the molecule is CNCC1(c2nccc(C3CCCC3)n2)CC1. The Kier molecular flexibility index (Phi) is 2.87. The second-order valence-electron chi connectivity index (χ2n) is 5.60. The van der Waals surface area contributed by atoms with E-state index in [1.807, 2.05) is 13.2 Å². The monoisotopic (exact) mass is 231 g/mol. The van der Waals surface area contributed by atoms with Gasteiger partial charge in [0, 0.05) is 29.8 Å². The Morgan fingerprint density at radius 2 is 2.12 bits per heavy atom. The molecule has 0 unspecified atom stereocenters. The summed E-state index contributed by atoms with van der Waals surface area (Å²) >= 11 is 0. The third kappa shape index (κ3) is 2.08. The van der Waals surface area contributed by atoms with E-state index in [1.165, 1.54) is 44.2 Å². The van der Waals surface area contributed by atoms with Crippen LogP contribution in [-0.2, 0) is 5.41 Å². The van der Waals surface area contributed by atoms with E-state index in [4.69, 9.17) is 4.98 Å². The van der Waals surface area contributed by atoms with Crippen molar-refractivity contribution in [2.24, 2.45) is 0 Å². The van der Waals surface area contributed by atoms with Crippen molar-refractivity contribution in [1.82, 2.24) is 15.3 Å². The minimum absolute atomic E-state index is 0.253. The molecule has 0 saturated heterocycles. The van der Waals surface area contributed by atoms with Crippen LogP contribution in [0.4, 0.5) is 0 Å². The summed E-state index contributed by atoms with van der Waals surface area (Å²) in [7, 11) is 2.01. The maximum atomic E-state index is 4.86. The van der Waals surface area contributed by atoms with Gasteiger partial charge in [0.1, 0.15) is 5.82 Å². The molecule has 1 heterocycles. The maximum Gasteiger partial charge on any atom is 0.135 e. The van der Waals surface area contributed by atoms with Crippen LogP contribution in [0, 0.1) is 0 Å². The second kappa shape index (κ2) is 4.37. The number of likely N-dealkylation sites (N-methyl/N-ethyl adjacent to an activating group) is 1. The van der Waals surface area contributed by atoms with E-state index in [-0.39, 0.29) is 5.41 Å². The highest BCUT2D eigenvalue weighted by Crippen LogP contribution is 2.46. The molecule has 0 spiro atoms. The molecule has 1 aromatic heterocycles. The molecule has 0 radical (unpaired) electrons. The zero-order chi connectivity index (χ0) is 11.7. The predicted molar refractivity (Wildman–Crippen MR) is 68.1 cm³/mol. The van der Waals surface area contributed by atoms with Crippen molar-refractivity contribution in [2.45, 2.75) is 49.9 Å². The average Bonchev–Trinajstić information content (AvgIpc) is 2.94. The van der Waals surface area contributed by atoms with Gasteiger partial charge < -0.3 is 5.32 Å². The third-order valence-electron chi connectivity index (χ3n) is 4.29. The summed E-state index contributed by atoms with van der Waals surface area (Å²) in [5.74, 6) is 1.78. The molecule has 17 heavy (non-hydrogen) atoms. The number of nitrogens with one attached hydrogen (secondary N) is 1. The van der Waals surface area contributed by atoms with Crippen molar-refractivity contribution in [3.05, 3.63) is 23.8 Å². The number of hydrogen-bond acceptors (Lipinski definition) is 3. The number of aromatic nitrogens is 2. The van der Waals surface area contributed by atoms with Gasteiger partial charge in [-0.1, -0.05) is 12.8 Å². The fourth-order valence-corrected chi connectivity index (χ4v) is 3.05. The van der Waals surface area contributed by atoms with E-state index in [2.05, 4.69) is 16.4 Å². The molecule has 3 heteroatoms. The lowest BCUT2D eigenvalue weighted by molar-refractivity contribution is 0.575. The Bertz CT molecular complexity index is 392. The zero-order valence-corrected chi connectivity index (χ0v) is 10.6. The van der Waals surface area contributed by atoms with E-state index in [9.17, 15) is 0 Å². The molecule has 1 N–H and O–H groups in total. The summed E-state index contributed by atoms with van der Waals surface area (Å²) in [5, 5.41) is 3.28. The first-order valence-corrected chi connectivity index (χ1v) is 6.82. The molecule has 2 fully saturated rings. The maximum absolute atomic E-state index is 4.86. The Morgan fingerprint density at radius 3 is 2.76 bits per heavy atom. The molecular weight excluding hydrogens is 210 g/mol. The lowest BCUT2D eigenvalue weighted by atomic mass is 10.0. The molecule has 2 aliphatic rings. The molecule has 0 aliphatic heterocycles. The second-order valence-corrected chi connectivity index (χ2v) is 5.60. The Labute approximate surface area is 103 Å². The van der Waals surface area contributed by atoms with Crippen LogP contribution in [0.3, 0.4) is 0 Å². The molecule has 3 rings (SSSR count). The van der Waals surface area contributed by atoms with Gasteiger partial charge in [0.25, 0.3) is 0 Å². The van der Waals surface area contributed by atoms with Crippen molar-refractivity contribution in [2.75, 3.05) is 13.6 Å². The van der Waals surface area contributed by atoms with E-state index >= 15 is 0 Å². The van der Waals surface area contributed by atoms with Crippen LogP contribution in [0.2, 0.25) is 0 Å². The molecule has 2 aliphatic carbocycles. The smallest absolute Gasteiger partial charge is 0.135 e. The quantitative estimate of drug-likeness (QED) is 0.864. The number of nitrogens with zero attached hydrogens (tertiary/aromatic N) is 2. The summed E-state index contributed by atoms with van der Waals surface area (Å²) in [5.41, 5.74) is 1.54. The molecule has 0 atom stereocenters. The van der Waals surface area contributed by atoms with Crippen LogP contribution in [0.25, 0.3) is 0 Å². The highest BCUT2D eigenvalue weighted by atomic mass is 15.0. The topological polar surface area (TPSA) is 37.8 Å². The molecular formula is C14H21N3. The first-order valence-electron chi connectivity index (χ1n) is 6.82. The van der Waals surface area contributed by atoms with Gasteiger partial charge in [-0.3, -0.25) is 0 Å². The number of rotatable bonds is 4. The average molecular weight is 231 g/mol. The van der Waals surface area contributed by atoms with Gasteiger partial charge in [-0.05, 0) is 38.8 Å². The van der Waals surface area contributed by atoms with Gasteiger partial charge in [0.05, 0.1) is 0 Å². The predicted octanol–water partition coefficient (Wildman–Crippen LogP) is 2.39. The van der Waals surface area contributed by atoms with Crippen molar-refractivity contribution in [3.8, 4) is 0 Å². The van der Waals surface area contributed by atoms with Crippen LogP contribution >= 0.6 is 0 Å². The summed E-state index contributed by atoms with van der Waals surface area (Å²) in [6.45, 7) is 1.01. The molecule has 1 aromatic rings. The van der Waals surface area contributed by atoms with Crippen molar-refractivity contribution in [3.63, 3.8) is 0 Å². The first kappa shape index (κ1) is 11.1. The largest absolute Gasteiger partial charge is 0.319 e. The van der Waals surface area contributed by atoms with E-state index in [0.717, 1.165) is 12.4 Å². The molecule has 0 aromatic carbocycles. The Morgan fingerprint density at radius 1 is 1.35 bits per heavy atom. The van der Waals surface area contributed by atoms with Gasteiger partial charge in [-0.25, -0.2) is 9.97 Å².